The van der Waals surface area contributed by atoms with Gasteiger partial charge in [0.15, 0.2) is 5.75 Å². The van der Waals surface area contributed by atoms with E-state index in [1.807, 2.05) is 0 Å². The second-order valence-corrected chi connectivity index (χ2v) is 6.25. The van der Waals surface area contributed by atoms with Crippen molar-refractivity contribution in [3.63, 3.8) is 0 Å². The lowest BCUT2D eigenvalue weighted by Gasteiger charge is -2.22. The van der Waals surface area contributed by atoms with Crippen LogP contribution in [0.15, 0.2) is 46.0 Å². The summed E-state index contributed by atoms with van der Waals surface area (Å²) in [7, 11) is -3.80. The van der Waals surface area contributed by atoms with Crippen LogP contribution >= 0.6 is 11.6 Å². The second-order valence-electron chi connectivity index (χ2n) is 4.24. The fraction of sp³-hybridized carbons (Fsp3) is 0. The molecule has 0 unspecified atom stereocenters. The Bertz CT molecular complexity index is 879. The Labute approximate surface area is 119 Å². The van der Waals surface area contributed by atoms with Crippen LogP contribution in [0.4, 0.5) is 11.4 Å². The normalized spacial score (nSPS) is 17.6. The van der Waals surface area contributed by atoms with Crippen LogP contribution in [-0.4, -0.2) is 19.4 Å². The van der Waals surface area contributed by atoms with E-state index >= 15 is 0 Å². The number of halogens is 1. The number of hydrogen-bond acceptors (Lipinski definition) is 5. The van der Waals surface area contributed by atoms with Crippen LogP contribution in [0.2, 0.25) is 5.02 Å². The van der Waals surface area contributed by atoms with Gasteiger partial charge >= 0.3 is 6.02 Å². The second kappa shape index (κ2) is 3.71. The summed E-state index contributed by atoms with van der Waals surface area (Å²) in [6.45, 7) is 0. The third-order valence-electron chi connectivity index (χ3n) is 3.03. The quantitative estimate of drug-likeness (QED) is 0.747. The number of ether oxygens (including phenoxy) is 1. The molecule has 2 aliphatic rings. The maximum Gasteiger partial charge on any atom is 0.318 e. The Morgan fingerprint density at radius 3 is 2.90 bits per heavy atom. The zero-order valence-corrected chi connectivity index (χ0v) is 11.4. The molecule has 8 heteroatoms. The average molecular weight is 308 g/mol. The van der Waals surface area contributed by atoms with E-state index in [-0.39, 0.29) is 10.9 Å². The number of amidine groups is 1. The highest BCUT2D eigenvalue weighted by molar-refractivity contribution is 7.90. The molecule has 0 spiro atoms. The molecule has 3 heterocycles. The summed E-state index contributed by atoms with van der Waals surface area (Å²) in [4.78, 5) is 5.49. The first-order valence-corrected chi connectivity index (χ1v) is 7.44. The van der Waals surface area contributed by atoms with Gasteiger partial charge in [-0.25, -0.2) is 0 Å². The maximum absolute atomic E-state index is 12.1. The minimum absolute atomic E-state index is 0.000895. The van der Waals surface area contributed by atoms with Gasteiger partial charge in [-0.1, -0.05) is 11.6 Å². The third-order valence-corrected chi connectivity index (χ3v) is 4.54. The van der Waals surface area contributed by atoms with Crippen LogP contribution in [0.5, 0.6) is 5.75 Å². The van der Waals surface area contributed by atoms with Crippen LogP contribution in [0, 0.1) is 0 Å². The highest BCUT2D eigenvalue weighted by atomic mass is 35.5. The van der Waals surface area contributed by atoms with E-state index in [2.05, 4.69) is 9.38 Å². The first-order valence-electron chi connectivity index (χ1n) is 5.63. The first-order chi connectivity index (χ1) is 9.56. The Morgan fingerprint density at radius 2 is 2.05 bits per heavy atom. The highest BCUT2D eigenvalue weighted by Gasteiger charge is 2.39. The molecule has 0 bridgehead atoms. The molecule has 4 rings (SSSR count). The molecule has 1 aromatic heterocycles. The monoisotopic (exact) mass is 307 g/mol. The van der Waals surface area contributed by atoms with Gasteiger partial charge in [0.05, 0.1) is 11.4 Å². The lowest BCUT2D eigenvalue weighted by Crippen LogP contribution is -2.30. The number of nitrogens with zero attached hydrogens (tertiary/aromatic N) is 3. The fourth-order valence-electron chi connectivity index (χ4n) is 2.20. The van der Waals surface area contributed by atoms with Gasteiger partial charge in [-0.05, 0) is 24.3 Å². The van der Waals surface area contributed by atoms with Gasteiger partial charge in [0, 0.05) is 17.4 Å². The third kappa shape index (κ3) is 1.47. The summed E-state index contributed by atoms with van der Waals surface area (Å²) < 4.78 is 33.3. The average Bonchev–Trinajstić information content (AvgIpc) is 2.75. The van der Waals surface area contributed by atoms with Gasteiger partial charge in [-0.15, -0.1) is 4.40 Å². The van der Waals surface area contributed by atoms with E-state index in [0.717, 1.165) is 0 Å². The van der Waals surface area contributed by atoms with Crippen molar-refractivity contribution in [2.24, 2.45) is 4.40 Å². The Morgan fingerprint density at radius 1 is 1.20 bits per heavy atom. The Hall–Kier alpha value is -2.12. The van der Waals surface area contributed by atoms with Crippen LogP contribution in [0.3, 0.4) is 0 Å². The van der Waals surface area contributed by atoms with Crippen molar-refractivity contribution in [2.75, 3.05) is 4.90 Å². The lowest BCUT2D eigenvalue weighted by atomic mass is 10.2. The molecule has 0 radical (unpaired) electrons. The molecule has 0 saturated heterocycles. The van der Waals surface area contributed by atoms with E-state index in [9.17, 15) is 8.42 Å². The van der Waals surface area contributed by atoms with E-state index < -0.39 is 10.0 Å². The number of fused-ring (bicyclic) bond motifs is 5. The van der Waals surface area contributed by atoms with Gasteiger partial charge in [-0.2, -0.15) is 8.42 Å². The standard InChI is InChI=1S/C12H6ClN3O3S/c13-7-1-2-10-9(5-7)16-8-3-4-14-6-11(8)20(17,18)15-12(16)19-10/h1-6H. The molecule has 20 heavy (non-hydrogen) atoms. The lowest BCUT2D eigenvalue weighted by molar-refractivity contribution is 0.560. The first kappa shape index (κ1) is 11.7. The van der Waals surface area contributed by atoms with Crippen molar-refractivity contribution in [1.29, 1.82) is 0 Å². The largest absolute Gasteiger partial charge is 0.422 e. The molecule has 0 atom stereocenters. The molecule has 0 amide bonds. The summed E-state index contributed by atoms with van der Waals surface area (Å²) in [5.41, 5.74) is 1.10. The van der Waals surface area contributed by atoms with Crippen molar-refractivity contribution in [3.8, 4) is 5.75 Å². The summed E-state index contributed by atoms with van der Waals surface area (Å²) in [6, 6.07) is 6.64. The smallest absolute Gasteiger partial charge is 0.318 e. The Balaban J connectivity index is 2.05. The topological polar surface area (TPSA) is 71.9 Å². The number of rotatable bonds is 0. The molecule has 0 aliphatic carbocycles. The van der Waals surface area contributed by atoms with Gasteiger partial charge in [0.2, 0.25) is 0 Å². The highest BCUT2D eigenvalue weighted by Crippen LogP contribution is 2.45. The SMILES string of the molecule is O=S1(=O)N=C2Oc3ccc(Cl)cc3N2c2ccncc21. The number of hydrogen-bond donors (Lipinski definition) is 0. The number of anilines is 2. The van der Waals surface area contributed by atoms with Crippen LogP contribution in [0.25, 0.3) is 0 Å². The molecular weight excluding hydrogens is 302 g/mol. The van der Waals surface area contributed by atoms with Crippen LogP contribution in [0.1, 0.15) is 0 Å². The predicted octanol–water partition coefficient (Wildman–Crippen LogP) is 2.32. The molecule has 2 aromatic rings. The minimum Gasteiger partial charge on any atom is -0.422 e. The van der Waals surface area contributed by atoms with Gasteiger partial charge in [-0.3, -0.25) is 9.88 Å². The summed E-state index contributed by atoms with van der Waals surface area (Å²) >= 11 is 5.98. The van der Waals surface area contributed by atoms with Crippen LogP contribution in [-0.2, 0) is 10.0 Å². The molecular formula is C12H6ClN3O3S. The summed E-state index contributed by atoms with van der Waals surface area (Å²) in [6.07, 6.45) is 2.79. The zero-order valence-electron chi connectivity index (χ0n) is 9.82. The number of pyridine rings is 1. The van der Waals surface area contributed by atoms with E-state index in [4.69, 9.17) is 16.3 Å². The predicted molar refractivity (Wildman–Crippen MR) is 73.1 cm³/mol. The molecule has 0 fully saturated rings. The number of aromatic nitrogens is 1. The zero-order chi connectivity index (χ0) is 13.9. The molecule has 0 saturated carbocycles. The number of benzene rings is 1. The molecule has 100 valence electrons. The van der Waals surface area contributed by atoms with Crippen LogP contribution < -0.4 is 9.64 Å². The van der Waals surface area contributed by atoms with Gasteiger partial charge in [0.25, 0.3) is 10.0 Å². The van der Waals surface area contributed by atoms with E-state index in [1.165, 1.54) is 12.4 Å². The van der Waals surface area contributed by atoms with Crippen molar-refractivity contribution in [1.82, 2.24) is 4.98 Å². The van der Waals surface area contributed by atoms with Crippen molar-refractivity contribution >= 4 is 39.0 Å². The van der Waals surface area contributed by atoms with Crippen molar-refractivity contribution in [3.05, 3.63) is 41.7 Å². The van der Waals surface area contributed by atoms with Gasteiger partial charge < -0.3 is 4.74 Å². The molecule has 6 nitrogen and oxygen atoms in total. The fourth-order valence-corrected chi connectivity index (χ4v) is 3.41. The molecule has 0 N–H and O–H groups in total. The van der Waals surface area contributed by atoms with E-state index in [0.29, 0.717) is 22.1 Å². The van der Waals surface area contributed by atoms with Crippen molar-refractivity contribution < 1.29 is 13.2 Å². The van der Waals surface area contributed by atoms with Crippen molar-refractivity contribution in [2.45, 2.75) is 4.90 Å². The maximum atomic E-state index is 12.1. The minimum atomic E-state index is -3.80. The molecule has 1 aromatic carbocycles. The van der Waals surface area contributed by atoms with E-state index in [1.54, 1.807) is 29.2 Å². The summed E-state index contributed by atoms with van der Waals surface area (Å²) in [5.74, 6) is 0.507. The molecule has 2 aliphatic heterocycles. The summed E-state index contributed by atoms with van der Waals surface area (Å²) in [5, 5.41) is 0.526. The van der Waals surface area contributed by atoms with Gasteiger partial charge in [0.1, 0.15) is 4.90 Å². The Kier molecular flexibility index (Phi) is 2.17. The number of sulfonamides is 1.